The van der Waals surface area contributed by atoms with Crippen LogP contribution < -0.4 is 5.32 Å². The lowest BCUT2D eigenvalue weighted by atomic mass is 9.80. The Labute approximate surface area is 178 Å². The molecule has 1 aliphatic rings. The molecule has 1 aliphatic carbocycles. The SMILES string of the molecule is CC1(C(=O)Nc2nc3c(Cl)cccc3s2)CC1(c1ccccc1)c1ccccc1. The lowest BCUT2D eigenvalue weighted by Gasteiger charge is -2.23. The molecule has 1 amide bonds. The average Bonchev–Trinajstić information content (AvgIpc) is 3.20. The zero-order valence-electron chi connectivity index (χ0n) is 15.9. The molecule has 0 aliphatic heterocycles. The molecule has 144 valence electrons. The first-order valence-electron chi connectivity index (χ1n) is 9.52. The van der Waals surface area contributed by atoms with E-state index in [0.717, 1.165) is 27.8 Å². The van der Waals surface area contributed by atoms with Crippen LogP contribution in [0.5, 0.6) is 0 Å². The van der Waals surface area contributed by atoms with Gasteiger partial charge in [0.15, 0.2) is 5.13 Å². The second kappa shape index (κ2) is 6.68. The van der Waals surface area contributed by atoms with Crippen LogP contribution in [-0.4, -0.2) is 10.9 Å². The smallest absolute Gasteiger partial charge is 0.233 e. The number of hydrogen-bond donors (Lipinski definition) is 1. The van der Waals surface area contributed by atoms with E-state index in [2.05, 4.69) is 34.6 Å². The van der Waals surface area contributed by atoms with E-state index in [0.29, 0.717) is 10.2 Å². The topological polar surface area (TPSA) is 42.0 Å². The molecule has 1 heterocycles. The molecule has 0 radical (unpaired) electrons. The number of thiazole rings is 1. The minimum Gasteiger partial charge on any atom is -0.301 e. The number of hydrogen-bond acceptors (Lipinski definition) is 3. The molecule has 5 rings (SSSR count). The van der Waals surface area contributed by atoms with E-state index in [-0.39, 0.29) is 11.3 Å². The van der Waals surface area contributed by atoms with Crippen LogP contribution in [-0.2, 0) is 10.2 Å². The standard InChI is InChI=1S/C24H19ClN2OS/c1-23(21(28)27-22-26-20-18(25)13-8-14-19(20)29-22)15-24(23,16-9-4-2-5-10-16)17-11-6-3-7-12-17/h2-14H,15H2,1H3,(H,26,27,28). The summed E-state index contributed by atoms with van der Waals surface area (Å²) >= 11 is 7.69. The molecule has 0 saturated heterocycles. The van der Waals surface area contributed by atoms with E-state index < -0.39 is 5.41 Å². The normalized spacial score (nSPS) is 19.8. The van der Waals surface area contributed by atoms with Gasteiger partial charge in [0, 0.05) is 5.41 Å². The molecule has 1 unspecified atom stereocenters. The van der Waals surface area contributed by atoms with Gasteiger partial charge < -0.3 is 5.32 Å². The number of benzene rings is 3. The van der Waals surface area contributed by atoms with E-state index >= 15 is 0 Å². The molecule has 1 N–H and O–H groups in total. The van der Waals surface area contributed by atoms with Gasteiger partial charge in [-0.25, -0.2) is 4.98 Å². The van der Waals surface area contributed by atoms with Gasteiger partial charge in [-0.2, -0.15) is 0 Å². The number of carbonyl (C=O) groups excluding carboxylic acids is 1. The van der Waals surface area contributed by atoms with Crippen molar-refractivity contribution in [2.24, 2.45) is 5.41 Å². The minimum absolute atomic E-state index is 0.0135. The quantitative estimate of drug-likeness (QED) is 0.423. The summed E-state index contributed by atoms with van der Waals surface area (Å²) in [5.74, 6) is -0.0135. The highest BCUT2D eigenvalue weighted by Gasteiger charge is 2.70. The van der Waals surface area contributed by atoms with Crippen molar-refractivity contribution in [3.05, 3.63) is 95.0 Å². The van der Waals surface area contributed by atoms with Gasteiger partial charge in [0.05, 0.1) is 15.1 Å². The van der Waals surface area contributed by atoms with E-state index in [9.17, 15) is 4.79 Å². The number of nitrogens with zero attached hydrogens (tertiary/aromatic N) is 1. The zero-order valence-corrected chi connectivity index (χ0v) is 17.4. The zero-order chi connectivity index (χ0) is 20.1. The summed E-state index contributed by atoms with van der Waals surface area (Å²) in [5, 5.41) is 4.25. The maximum atomic E-state index is 13.4. The number of carbonyl (C=O) groups is 1. The molecule has 0 spiro atoms. The Morgan fingerprint density at radius 3 is 2.17 bits per heavy atom. The van der Waals surface area contributed by atoms with Crippen LogP contribution in [0.2, 0.25) is 5.02 Å². The molecular formula is C24H19ClN2OS. The van der Waals surface area contributed by atoms with Crippen LogP contribution >= 0.6 is 22.9 Å². The van der Waals surface area contributed by atoms with Crippen LogP contribution in [0.25, 0.3) is 10.2 Å². The van der Waals surface area contributed by atoms with Crippen LogP contribution in [0, 0.1) is 5.41 Å². The molecule has 3 aromatic carbocycles. The summed E-state index contributed by atoms with van der Waals surface area (Å²) in [4.78, 5) is 18.0. The molecule has 1 fully saturated rings. The maximum absolute atomic E-state index is 13.4. The fraction of sp³-hybridized carbons (Fsp3) is 0.167. The molecule has 1 aromatic heterocycles. The number of fused-ring (bicyclic) bond motifs is 1. The van der Waals surface area contributed by atoms with Crippen LogP contribution in [0.4, 0.5) is 5.13 Å². The highest BCUT2D eigenvalue weighted by atomic mass is 35.5. The third-order valence-corrected chi connectivity index (χ3v) is 7.30. The summed E-state index contributed by atoms with van der Waals surface area (Å²) in [6, 6.07) is 26.3. The van der Waals surface area contributed by atoms with Crippen molar-refractivity contribution in [2.45, 2.75) is 18.8 Å². The number of aromatic nitrogens is 1. The van der Waals surface area contributed by atoms with Crippen LogP contribution in [0.3, 0.4) is 0 Å². The van der Waals surface area contributed by atoms with Gasteiger partial charge in [-0.1, -0.05) is 89.7 Å². The first kappa shape index (κ1) is 18.3. The predicted molar refractivity (Wildman–Crippen MR) is 120 cm³/mol. The third kappa shape index (κ3) is 2.78. The largest absolute Gasteiger partial charge is 0.301 e. The lowest BCUT2D eigenvalue weighted by molar-refractivity contribution is -0.121. The summed E-state index contributed by atoms with van der Waals surface area (Å²) in [5.41, 5.74) is 2.16. The summed E-state index contributed by atoms with van der Waals surface area (Å²) in [6.45, 7) is 2.04. The summed E-state index contributed by atoms with van der Waals surface area (Å²) < 4.78 is 0.964. The van der Waals surface area contributed by atoms with E-state index in [4.69, 9.17) is 11.6 Å². The molecule has 4 aromatic rings. The highest BCUT2D eigenvalue weighted by molar-refractivity contribution is 7.22. The van der Waals surface area contributed by atoms with E-state index in [1.165, 1.54) is 11.3 Å². The number of nitrogens with one attached hydrogen (secondary N) is 1. The van der Waals surface area contributed by atoms with Crippen molar-refractivity contribution in [3.8, 4) is 0 Å². The first-order chi connectivity index (χ1) is 14.0. The van der Waals surface area contributed by atoms with E-state index in [1.54, 1.807) is 0 Å². The number of anilines is 1. The van der Waals surface area contributed by atoms with Gasteiger partial charge in [0.1, 0.15) is 5.52 Å². The second-order valence-corrected chi connectivity index (χ2v) is 9.14. The Bertz CT molecular complexity index is 1170. The lowest BCUT2D eigenvalue weighted by Crippen LogP contribution is -2.30. The molecule has 29 heavy (non-hydrogen) atoms. The van der Waals surface area contributed by atoms with Gasteiger partial charge in [0.2, 0.25) is 5.91 Å². The summed E-state index contributed by atoms with van der Waals surface area (Å²) in [7, 11) is 0. The molecule has 1 atom stereocenters. The second-order valence-electron chi connectivity index (χ2n) is 7.71. The van der Waals surface area contributed by atoms with Crippen molar-refractivity contribution < 1.29 is 4.79 Å². The monoisotopic (exact) mass is 418 g/mol. The Kier molecular flexibility index (Phi) is 4.23. The van der Waals surface area contributed by atoms with Crippen molar-refractivity contribution in [1.29, 1.82) is 0 Å². The fourth-order valence-electron chi connectivity index (χ4n) is 4.42. The van der Waals surface area contributed by atoms with Gasteiger partial charge in [-0.05, 0) is 36.6 Å². The Balaban J connectivity index is 1.52. The van der Waals surface area contributed by atoms with Gasteiger partial charge in [0.25, 0.3) is 0 Å². The Morgan fingerprint density at radius 1 is 0.966 bits per heavy atom. The molecule has 1 saturated carbocycles. The maximum Gasteiger partial charge on any atom is 0.233 e. The van der Waals surface area contributed by atoms with Crippen molar-refractivity contribution in [3.63, 3.8) is 0 Å². The third-order valence-electron chi connectivity index (χ3n) is 6.06. The fourth-order valence-corrected chi connectivity index (χ4v) is 5.58. The number of para-hydroxylation sites is 1. The predicted octanol–water partition coefficient (Wildman–Crippen LogP) is 6.28. The van der Waals surface area contributed by atoms with Crippen LogP contribution in [0.15, 0.2) is 78.9 Å². The molecule has 3 nitrogen and oxygen atoms in total. The number of amides is 1. The molecular weight excluding hydrogens is 400 g/mol. The Morgan fingerprint density at radius 2 is 1.59 bits per heavy atom. The number of rotatable bonds is 4. The number of halogens is 1. The molecule has 5 heteroatoms. The van der Waals surface area contributed by atoms with E-state index in [1.807, 2.05) is 61.5 Å². The van der Waals surface area contributed by atoms with Gasteiger partial charge in [-0.15, -0.1) is 0 Å². The molecule has 0 bridgehead atoms. The summed E-state index contributed by atoms with van der Waals surface area (Å²) in [6.07, 6.45) is 0.755. The average molecular weight is 419 g/mol. The van der Waals surface area contributed by atoms with Gasteiger partial charge in [-0.3, -0.25) is 4.79 Å². The Hall–Kier alpha value is -2.69. The first-order valence-corrected chi connectivity index (χ1v) is 10.7. The van der Waals surface area contributed by atoms with Crippen LogP contribution in [0.1, 0.15) is 24.5 Å². The van der Waals surface area contributed by atoms with Crippen molar-refractivity contribution in [1.82, 2.24) is 4.98 Å². The van der Waals surface area contributed by atoms with Crippen molar-refractivity contribution in [2.75, 3.05) is 5.32 Å². The van der Waals surface area contributed by atoms with Crippen molar-refractivity contribution >= 4 is 44.2 Å². The van der Waals surface area contributed by atoms with Gasteiger partial charge >= 0.3 is 0 Å². The minimum atomic E-state index is -0.558. The highest BCUT2D eigenvalue weighted by Crippen LogP contribution is 2.68.